The van der Waals surface area contributed by atoms with E-state index in [9.17, 15) is 27.1 Å². The molecule has 0 amide bonds. The molecule has 20 heavy (non-hydrogen) atoms. The number of hydrogen-bond acceptors (Lipinski definition) is 3. The number of rotatable bonds is 1. The fourth-order valence-corrected chi connectivity index (χ4v) is 1.89. The maximum Gasteiger partial charge on any atom is 0.451 e. The minimum absolute atomic E-state index is 0.522. The summed E-state index contributed by atoms with van der Waals surface area (Å²) in [7, 11) is 0. The van der Waals surface area contributed by atoms with Gasteiger partial charge in [-0.1, -0.05) is 23.2 Å². The van der Waals surface area contributed by atoms with E-state index < -0.39 is 44.9 Å². The molecule has 0 bridgehead atoms. The Morgan fingerprint density at radius 2 is 1.75 bits per heavy atom. The molecule has 1 unspecified atom stereocenters. The summed E-state index contributed by atoms with van der Waals surface area (Å²) in [5.41, 5.74) is 0.215. The molecule has 2 rings (SSSR count). The third-order valence-electron chi connectivity index (χ3n) is 2.48. The smallest absolute Gasteiger partial charge is 0.353 e. The van der Waals surface area contributed by atoms with Crippen molar-refractivity contribution in [2.75, 3.05) is 0 Å². The summed E-state index contributed by atoms with van der Waals surface area (Å²) < 4.78 is 64.7. The molecule has 1 atom stereocenters. The van der Waals surface area contributed by atoms with Gasteiger partial charge in [0.15, 0.2) is 0 Å². The molecule has 1 aromatic carbocycles. The average Bonchev–Trinajstić information content (AvgIpc) is 2.62. The number of nitrogens with one attached hydrogen (secondary N) is 1. The van der Waals surface area contributed by atoms with Crippen molar-refractivity contribution < 1.29 is 31.9 Å². The lowest BCUT2D eigenvalue weighted by Crippen LogP contribution is -2.46. The Kier molecular flexibility index (Phi) is 3.62. The van der Waals surface area contributed by atoms with Gasteiger partial charge in [0.05, 0.1) is 10.7 Å². The number of aliphatic hydroxyl groups is 1. The second kappa shape index (κ2) is 4.73. The summed E-state index contributed by atoms with van der Waals surface area (Å²) >= 11 is 10.7. The minimum atomic E-state index is -5.28. The van der Waals surface area contributed by atoms with Crippen LogP contribution in [0.1, 0.15) is 5.56 Å². The predicted molar refractivity (Wildman–Crippen MR) is 59.4 cm³/mol. The van der Waals surface area contributed by atoms with E-state index in [0.717, 1.165) is 0 Å². The monoisotopic (exact) mass is 335 g/mol. The molecule has 1 heterocycles. The number of alkyl halides is 3. The molecule has 0 radical (unpaired) electrons. The van der Waals surface area contributed by atoms with Crippen molar-refractivity contribution in [2.24, 2.45) is 0 Å². The van der Waals surface area contributed by atoms with Crippen LogP contribution in [0.25, 0.3) is 5.70 Å². The molecule has 0 aliphatic carbocycles. The van der Waals surface area contributed by atoms with Crippen LogP contribution in [-0.4, -0.2) is 17.1 Å². The van der Waals surface area contributed by atoms with Crippen LogP contribution in [0.4, 0.5) is 22.0 Å². The molecule has 0 saturated carbocycles. The molecular weight excluding hydrogens is 332 g/mol. The van der Waals surface area contributed by atoms with Crippen LogP contribution in [0.15, 0.2) is 17.2 Å². The lowest BCUT2D eigenvalue weighted by Gasteiger charge is -2.23. The van der Waals surface area contributed by atoms with Crippen molar-refractivity contribution in [3.8, 4) is 0 Å². The second-order valence-electron chi connectivity index (χ2n) is 3.78. The quantitative estimate of drug-likeness (QED) is 0.611. The first kappa shape index (κ1) is 15.3. The van der Waals surface area contributed by atoms with Gasteiger partial charge in [-0.3, -0.25) is 5.48 Å². The van der Waals surface area contributed by atoms with E-state index in [2.05, 4.69) is 4.84 Å². The maximum absolute atomic E-state index is 13.6. The van der Waals surface area contributed by atoms with Crippen molar-refractivity contribution in [1.29, 1.82) is 0 Å². The first-order chi connectivity index (χ1) is 9.08. The Hall–Kier alpha value is -1.09. The molecule has 0 fully saturated rings. The maximum atomic E-state index is 13.6. The first-order valence-electron chi connectivity index (χ1n) is 4.86. The standard InChI is InChI=1S/C10H4Cl2F5NO2/c11-4-2-5(13)3(1-6(4)14)7-8(12)9(19,20-18-7)10(15,16)17/h1-2,18-19H. The Morgan fingerprint density at radius 3 is 2.25 bits per heavy atom. The van der Waals surface area contributed by atoms with Crippen molar-refractivity contribution in [1.82, 2.24) is 5.48 Å². The van der Waals surface area contributed by atoms with Crippen molar-refractivity contribution in [3.05, 3.63) is 39.4 Å². The molecule has 0 spiro atoms. The van der Waals surface area contributed by atoms with Crippen LogP contribution in [-0.2, 0) is 4.84 Å². The Labute approximate surface area is 118 Å². The average molecular weight is 336 g/mol. The molecule has 1 aliphatic heterocycles. The summed E-state index contributed by atoms with van der Waals surface area (Å²) in [5, 5.41) is 7.47. The molecule has 1 aromatic rings. The number of hydrogen-bond donors (Lipinski definition) is 2. The summed E-state index contributed by atoms with van der Waals surface area (Å²) in [6, 6.07) is 1.07. The van der Waals surface area contributed by atoms with E-state index in [1.807, 2.05) is 0 Å². The lowest BCUT2D eigenvalue weighted by atomic mass is 10.1. The van der Waals surface area contributed by atoms with E-state index in [0.29, 0.717) is 12.1 Å². The Morgan fingerprint density at radius 1 is 1.15 bits per heavy atom. The van der Waals surface area contributed by atoms with Crippen LogP contribution in [0.3, 0.4) is 0 Å². The summed E-state index contributed by atoms with van der Waals surface area (Å²) in [4.78, 5) is 3.96. The van der Waals surface area contributed by atoms with Crippen molar-refractivity contribution >= 4 is 28.9 Å². The van der Waals surface area contributed by atoms with Crippen molar-refractivity contribution in [3.63, 3.8) is 0 Å². The van der Waals surface area contributed by atoms with E-state index in [1.54, 1.807) is 5.48 Å². The number of hydroxylamine groups is 1. The highest BCUT2D eigenvalue weighted by atomic mass is 35.5. The topological polar surface area (TPSA) is 41.5 Å². The lowest BCUT2D eigenvalue weighted by molar-refractivity contribution is -0.347. The highest BCUT2D eigenvalue weighted by molar-refractivity contribution is 6.34. The third-order valence-corrected chi connectivity index (χ3v) is 3.22. The van der Waals surface area contributed by atoms with Gasteiger partial charge in [-0.15, -0.1) is 0 Å². The molecule has 2 N–H and O–H groups in total. The predicted octanol–water partition coefficient (Wildman–Crippen LogP) is 3.31. The Balaban J connectivity index is 2.58. The fraction of sp³-hybridized carbons (Fsp3) is 0.200. The molecule has 0 aromatic heterocycles. The number of halogens is 7. The van der Waals surface area contributed by atoms with Crippen LogP contribution >= 0.6 is 23.2 Å². The largest absolute Gasteiger partial charge is 0.451 e. The van der Waals surface area contributed by atoms with E-state index in [4.69, 9.17) is 23.2 Å². The fourth-order valence-electron chi connectivity index (χ4n) is 1.45. The van der Waals surface area contributed by atoms with Gasteiger partial charge in [-0.05, 0) is 12.1 Å². The van der Waals surface area contributed by atoms with E-state index in [1.165, 1.54) is 0 Å². The Bertz CT molecular complexity index is 604. The highest BCUT2D eigenvalue weighted by Gasteiger charge is 2.62. The third kappa shape index (κ3) is 2.22. The van der Waals surface area contributed by atoms with Crippen LogP contribution in [0, 0.1) is 11.6 Å². The molecule has 110 valence electrons. The highest BCUT2D eigenvalue weighted by Crippen LogP contribution is 2.45. The number of benzene rings is 1. The van der Waals surface area contributed by atoms with Gasteiger partial charge >= 0.3 is 12.0 Å². The van der Waals surface area contributed by atoms with Gasteiger partial charge in [0, 0.05) is 5.56 Å². The van der Waals surface area contributed by atoms with Gasteiger partial charge in [0.25, 0.3) is 0 Å². The van der Waals surface area contributed by atoms with Gasteiger partial charge in [-0.2, -0.15) is 13.2 Å². The SMILES string of the molecule is OC1(C(F)(F)F)ONC(c2cc(F)c(Cl)cc2F)=C1Cl. The zero-order valence-corrected chi connectivity index (χ0v) is 10.7. The minimum Gasteiger partial charge on any atom is -0.353 e. The summed E-state index contributed by atoms with van der Waals surface area (Å²) in [5.74, 6) is -6.07. The molecule has 1 aliphatic rings. The molecule has 0 saturated heterocycles. The van der Waals surface area contributed by atoms with Gasteiger partial charge in [-0.25, -0.2) is 13.6 Å². The molecule has 3 nitrogen and oxygen atoms in total. The zero-order valence-electron chi connectivity index (χ0n) is 9.16. The van der Waals surface area contributed by atoms with Crippen molar-refractivity contribution in [2.45, 2.75) is 12.0 Å². The van der Waals surface area contributed by atoms with Gasteiger partial charge < -0.3 is 5.11 Å². The van der Waals surface area contributed by atoms with Crippen LogP contribution in [0.5, 0.6) is 0 Å². The van der Waals surface area contributed by atoms with Crippen LogP contribution < -0.4 is 5.48 Å². The molecule has 10 heteroatoms. The van der Waals surface area contributed by atoms with E-state index in [-0.39, 0.29) is 0 Å². The first-order valence-corrected chi connectivity index (χ1v) is 5.62. The zero-order chi connectivity index (χ0) is 15.3. The summed E-state index contributed by atoms with van der Waals surface area (Å²) in [6.45, 7) is 0. The summed E-state index contributed by atoms with van der Waals surface area (Å²) in [6.07, 6.45) is -5.28. The molecular formula is C10H4Cl2F5NO2. The van der Waals surface area contributed by atoms with E-state index >= 15 is 0 Å². The van der Waals surface area contributed by atoms with Gasteiger partial charge in [0.1, 0.15) is 16.7 Å². The normalized spacial score (nSPS) is 23.2. The second-order valence-corrected chi connectivity index (χ2v) is 4.57. The van der Waals surface area contributed by atoms with Gasteiger partial charge in [0.2, 0.25) is 0 Å². The van der Waals surface area contributed by atoms with Crippen LogP contribution in [0.2, 0.25) is 5.02 Å².